The molecule has 0 aliphatic carbocycles. The monoisotopic (exact) mass is 428 g/mol. The maximum atomic E-state index is 12.9. The fraction of sp³-hybridized carbons (Fsp3) is 0.350. The predicted molar refractivity (Wildman–Crippen MR) is 113 cm³/mol. The van der Waals surface area contributed by atoms with Crippen molar-refractivity contribution in [3.63, 3.8) is 0 Å². The summed E-state index contributed by atoms with van der Waals surface area (Å²) in [5.41, 5.74) is 3.41. The van der Waals surface area contributed by atoms with Crippen molar-refractivity contribution >= 4 is 40.5 Å². The molecule has 1 aromatic carbocycles. The lowest BCUT2D eigenvalue weighted by atomic mass is 10.0. The Hall–Kier alpha value is -2.52. The molecule has 1 aliphatic heterocycles. The van der Waals surface area contributed by atoms with E-state index in [4.69, 9.17) is 4.42 Å². The van der Waals surface area contributed by atoms with Crippen molar-refractivity contribution in [2.75, 3.05) is 11.4 Å². The molecule has 0 radical (unpaired) electrons. The van der Waals surface area contributed by atoms with Crippen LogP contribution in [0.5, 0.6) is 0 Å². The molecule has 0 bridgehead atoms. The maximum absolute atomic E-state index is 12.9. The molecule has 2 aromatic heterocycles. The van der Waals surface area contributed by atoms with Crippen LogP contribution in [0.15, 0.2) is 27.8 Å². The number of Topliss-reactive ketones (excluding diaryl/α,β-unsaturated/α-hetero) is 1. The summed E-state index contributed by atoms with van der Waals surface area (Å²) in [6, 6.07) is 5.52. The van der Waals surface area contributed by atoms with Gasteiger partial charge in [-0.2, -0.15) is 0 Å². The third kappa shape index (κ3) is 3.84. The number of hydrogen-bond acceptors (Lipinski definition) is 8. The highest BCUT2D eigenvalue weighted by Gasteiger charge is 2.26. The fourth-order valence-corrected chi connectivity index (χ4v) is 5.00. The minimum atomic E-state index is -0.379. The topological polar surface area (TPSA) is 89.2 Å². The predicted octanol–water partition coefficient (Wildman–Crippen LogP) is 4.08. The summed E-state index contributed by atoms with van der Waals surface area (Å²) in [6.45, 7) is 7.88. The van der Waals surface area contributed by atoms with Crippen molar-refractivity contribution in [2.24, 2.45) is 0 Å². The summed E-state index contributed by atoms with van der Waals surface area (Å²) in [5, 5.41) is 9.09. The van der Waals surface area contributed by atoms with Gasteiger partial charge in [-0.05, 0) is 51.0 Å². The van der Waals surface area contributed by atoms with Crippen LogP contribution in [0.25, 0.3) is 10.8 Å². The smallest absolute Gasteiger partial charge is 0.277 e. The Morgan fingerprint density at radius 1 is 1.28 bits per heavy atom. The Balaban J connectivity index is 1.48. The number of ketones is 1. The molecule has 0 spiro atoms. The number of fused-ring (bicyclic) bond motifs is 1. The number of aryl methyl sites for hydroxylation is 2. The standard InChI is InChI=1S/C20H20N4O3S2/c1-10-18(29-12(3)21-10)19-22-23-20(27-19)28-11(2)17(26)15-5-6-16-14(9-15)7-8-24(16)13(4)25/h5-6,9,11H,7-8H2,1-4H3. The molecule has 0 saturated carbocycles. The summed E-state index contributed by atoms with van der Waals surface area (Å²) < 4.78 is 5.75. The van der Waals surface area contributed by atoms with Gasteiger partial charge in [-0.1, -0.05) is 11.8 Å². The van der Waals surface area contributed by atoms with E-state index in [2.05, 4.69) is 15.2 Å². The molecule has 1 atom stereocenters. The molecule has 1 aliphatic rings. The van der Waals surface area contributed by atoms with Crippen LogP contribution < -0.4 is 4.90 Å². The van der Waals surface area contributed by atoms with E-state index in [1.807, 2.05) is 32.9 Å². The van der Waals surface area contributed by atoms with Crippen LogP contribution in [-0.2, 0) is 11.2 Å². The average molecular weight is 429 g/mol. The lowest BCUT2D eigenvalue weighted by Crippen LogP contribution is -2.25. The van der Waals surface area contributed by atoms with Crippen molar-refractivity contribution in [1.82, 2.24) is 15.2 Å². The minimum Gasteiger partial charge on any atom is -0.410 e. The molecule has 3 aromatic rings. The number of nitrogens with zero attached hydrogens (tertiary/aromatic N) is 4. The molecule has 0 N–H and O–H groups in total. The number of thioether (sulfide) groups is 1. The second kappa shape index (κ2) is 7.72. The molecule has 0 fully saturated rings. The zero-order valence-electron chi connectivity index (χ0n) is 16.6. The van der Waals surface area contributed by atoms with Crippen LogP contribution in [0.1, 0.15) is 40.5 Å². The molecule has 3 heterocycles. The van der Waals surface area contributed by atoms with Crippen molar-refractivity contribution in [3.8, 4) is 10.8 Å². The van der Waals surface area contributed by atoms with Gasteiger partial charge in [-0.3, -0.25) is 9.59 Å². The summed E-state index contributed by atoms with van der Waals surface area (Å²) in [5.74, 6) is 0.436. The number of anilines is 1. The Morgan fingerprint density at radius 3 is 2.76 bits per heavy atom. The van der Waals surface area contributed by atoms with Crippen LogP contribution in [0.4, 0.5) is 5.69 Å². The van der Waals surface area contributed by atoms with E-state index in [-0.39, 0.29) is 16.9 Å². The molecule has 0 saturated heterocycles. The molecule has 1 amide bonds. The minimum absolute atomic E-state index is 0.0105. The molecule has 1 unspecified atom stereocenters. The summed E-state index contributed by atoms with van der Waals surface area (Å²) in [6.07, 6.45) is 0.762. The summed E-state index contributed by atoms with van der Waals surface area (Å²) >= 11 is 2.75. The highest BCUT2D eigenvalue weighted by molar-refractivity contribution is 8.00. The number of aromatic nitrogens is 3. The SMILES string of the molecule is CC(=O)N1CCc2cc(C(=O)C(C)Sc3nnc(-c4sc(C)nc4C)o3)ccc21. The van der Waals surface area contributed by atoms with E-state index in [0.717, 1.165) is 33.3 Å². The highest BCUT2D eigenvalue weighted by Crippen LogP contribution is 2.33. The average Bonchev–Trinajstić information content (AvgIpc) is 3.38. The lowest BCUT2D eigenvalue weighted by Gasteiger charge is -2.15. The Morgan fingerprint density at radius 2 is 2.07 bits per heavy atom. The van der Waals surface area contributed by atoms with Gasteiger partial charge in [-0.15, -0.1) is 21.5 Å². The van der Waals surface area contributed by atoms with Crippen LogP contribution in [0, 0.1) is 13.8 Å². The molecule has 9 heteroatoms. The van der Waals surface area contributed by atoms with E-state index in [0.29, 0.717) is 23.2 Å². The third-order valence-electron chi connectivity index (χ3n) is 4.79. The number of hydrogen-bond donors (Lipinski definition) is 0. The van der Waals surface area contributed by atoms with Crippen LogP contribution in [0.2, 0.25) is 0 Å². The number of thiazole rings is 1. The highest BCUT2D eigenvalue weighted by atomic mass is 32.2. The molecular weight excluding hydrogens is 408 g/mol. The van der Waals surface area contributed by atoms with Gasteiger partial charge in [-0.25, -0.2) is 4.98 Å². The normalized spacial score (nSPS) is 14.1. The summed E-state index contributed by atoms with van der Waals surface area (Å²) in [7, 11) is 0. The van der Waals surface area contributed by atoms with Gasteiger partial charge in [0.2, 0.25) is 5.91 Å². The lowest BCUT2D eigenvalue weighted by molar-refractivity contribution is -0.116. The molecule has 29 heavy (non-hydrogen) atoms. The molecular formula is C20H20N4O3S2. The number of rotatable bonds is 5. The molecule has 4 rings (SSSR count). The van der Waals surface area contributed by atoms with Crippen molar-refractivity contribution in [2.45, 2.75) is 44.6 Å². The van der Waals surface area contributed by atoms with Gasteiger partial charge in [0.1, 0.15) is 4.88 Å². The first kappa shape index (κ1) is 19.8. The van der Waals surface area contributed by atoms with Gasteiger partial charge in [0, 0.05) is 24.7 Å². The molecule has 7 nitrogen and oxygen atoms in total. The Kier molecular flexibility index (Phi) is 5.26. The van der Waals surface area contributed by atoms with E-state index in [9.17, 15) is 9.59 Å². The van der Waals surface area contributed by atoms with E-state index >= 15 is 0 Å². The van der Waals surface area contributed by atoms with Crippen molar-refractivity contribution in [3.05, 3.63) is 40.0 Å². The number of carbonyl (C=O) groups is 2. The van der Waals surface area contributed by atoms with E-state index in [1.54, 1.807) is 17.9 Å². The van der Waals surface area contributed by atoms with Crippen LogP contribution >= 0.6 is 23.1 Å². The zero-order valence-corrected chi connectivity index (χ0v) is 18.2. The van der Waals surface area contributed by atoms with Gasteiger partial charge < -0.3 is 9.32 Å². The quantitative estimate of drug-likeness (QED) is 0.447. The number of amides is 1. The first-order valence-electron chi connectivity index (χ1n) is 9.23. The first-order chi connectivity index (χ1) is 13.8. The van der Waals surface area contributed by atoms with Crippen molar-refractivity contribution < 1.29 is 14.0 Å². The maximum Gasteiger partial charge on any atom is 0.277 e. The second-order valence-corrected chi connectivity index (χ2v) is 9.40. The van der Waals surface area contributed by atoms with Gasteiger partial charge in [0.25, 0.3) is 11.1 Å². The number of benzene rings is 1. The van der Waals surface area contributed by atoms with Gasteiger partial charge >= 0.3 is 0 Å². The third-order valence-corrected chi connectivity index (χ3v) is 6.79. The van der Waals surface area contributed by atoms with E-state index in [1.165, 1.54) is 23.1 Å². The summed E-state index contributed by atoms with van der Waals surface area (Å²) in [4.78, 5) is 31.6. The number of carbonyl (C=O) groups excluding carboxylic acids is 2. The van der Waals surface area contributed by atoms with E-state index < -0.39 is 0 Å². The van der Waals surface area contributed by atoms with Crippen LogP contribution in [0.3, 0.4) is 0 Å². The van der Waals surface area contributed by atoms with Gasteiger partial charge in [0.05, 0.1) is 16.0 Å². The van der Waals surface area contributed by atoms with Crippen molar-refractivity contribution in [1.29, 1.82) is 0 Å². The fourth-order valence-electron chi connectivity index (χ4n) is 3.40. The Labute approximate surface area is 176 Å². The first-order valence-corrected chi connectivity index (χ1v) is 10.9. The Bertz CT molecular complexity index is 1110. The zero-order chi connectivity index (χ0) is 20.7. The van der Waals surface area contributed by atoms with Crippen LogP contribution in [-0.4, -0.2) is 38.7 Å². The molecule has 150 valence electrons. The van der Waals surface area contributed by atoms with Gasteiger partial charge in [0.15, 0.2) is 5.78 Å². The largest absolute Gasteiger partial charge is 0.410 e. The second-order valence-electron chi connectivity index (χ2n) is 6.91.